The number of hydrogen-bond donors (Lipinski definition) is 0. The van der Waals surface area contributed by atoms with E-state index in [1.807, 2.05) is 59.8 Å². The Bertz CT molecular complexity index is 1120. The minimum atomic E-state index is -0.0525. The first-order valence-electron chi connectivity index (χ1n) is 10.7. The quantitative estimate of drug-likeness (QED) is 0.645. The molecule has 6 heteroatoms. The zero-order chi connectivity index (χ0) is 20.8. The number of carbonyl (C=O) groups excluding carboxylic acids is 1. The standard InChI is InChI=1S/C24H27N3O3/c1-15(17-6-10-22-23(14-17)30-12-4-11-29-22)27(19-7-8-19)24(28)18-5-9-21-20(13-18)25-16(2)26(21)3/h5-6,9-10,13-15,19H,4,7-8,11-12H2,1-3H3/t15-/m1/s1. The Morgan fingerprint density at radius 2 is 1.90 bits per heavy atom. The molecule has 0 bridgehead atoms. The van der Waals surface area contributed by atoms with Crippen LogP contribution in [0.1, 0.15) is 54.0 Å². The van der Waals surface area contributed by atoms with Gasteiger partial charge in [-0.1, -0.05) is 6.07 Å². The monoisotopic (exact) mass is 405 g/mol. The number of aryl methyl sites for hydroxylation is 2. The van der Waals surface area contributed by atoms with Gasteiger partial charge in [0, 0.05) is 25.1 Å². The Hall–Kier alpha value is -3.02. The Balaban J connectivity index is 1.46. The zero-order valence-electron chi connectivity index (χ0n) is 17.7. The summed E-state index contributed by atoms with van der Waals surface area (Å²) in [7, 11) is 1.99. The third kappa shape index (κ3) is 3.30. The Kier molecular flexibility index (Phi) is 4.65. The lowest BCUT2D eigenvalue weighted by atomic mass is 10.0. The summed E-state index contributed by atoms with van der Waals surface area (Å²) in [6.07, 6.45) is 2.97. The molecule has 0 spiro atoms. The van der Waals surface area contributed by atoms with Gasteiger partial charge in [0.15, 0.2) is 11.5 Å². The number of imidazole rings is 1. The summed E-state index contributed by atoms with van der Waals surface area (Å²) < 4.78 is 13.7. The van der Waals surface area contributed by atoms with Gasteiger partial charge in [0.05, 0.1) is 30.3 Å². The molecule has 30 heavy (non-hydrogen) atoms. The summed E-state index contributed by atoms with van der Waals surface area (Å²) in [4.78, 5) is 20.2. The van der Waals surface area contributed by atoms with E-state index in [1.54, 1.807) is 0 Å². The fourth-order valence-corrected chi connectivity index (χ4v) is 4.21. The van der Waals surface area contributed by atoms with Crippen LogP contribution in [0, 0.1) is 6.92 Å². The van der Waals surface area contributed by atoms with E-state index in [0.29, 0.717) is 18.8 Å². The highest BCUT2D eigenvalue weighted by Gasteiger charge is 2.37. The Morgan fingerprint density at radius 3 is 2.67 bits per heavy atom. The largest absolute Gasteiger partial charge is 0.490 e. The molecule has 3 aromatic rings. The van der Waals surface area contributed by atoms with Crippen molar-refractivity contribution in [3.63, 3.8) is 0 Å². The molecule has 156 valence electrons. The topological polar surface area (TPSA) is 56.6 Å². The van der Waals surface area contributed by atoms with Gasteiger partial charge in [0.25, 0.3) is 5.91 Å². The first kappa shape index (κ1) is 19.0. The molecule has 0 N–H and O–H groups in total. The number of carbonyl (C=O) groups is 1. The minimum Gasteiger partial charge on any atom is -0.490 e. The predicted octanol–water partition coefficient (Wildman–Crippen LogP) is 4.41. The van der Waals surface area contributed by atoms with E-state index in [1.165, 1.54) is 0 Å². The molecule has 0 radical (unpaired) electrons. The molecule has 1 saturated carbocycles. The lowest BCUT2D eigenvalue weighted by molar-refractivity contribution is 0.0674. The van der Waals surface area contributed by atoms with Crippen LogP contribution in [0.15, 0.2) is 36.4 Å². The summed E-state index contributed by atoms with van der Waals surface area (Å²) >= 11 is 0. The zero-order valence-corrected chi connectivity index (χ0v) is 17.7. The molecule has 1 aliphatic carbocycles. The smallest absolute Gasteiger partial charge is 0.254 e. The van der Waals surface area contributed by atoms with Crippen LogP contribution in [-0.4, -0.2) is 39.6 Å². The summed E-state index contributed by atoms with van der Waals surface area (Å²) in [6, 6.07) is 12.1. The average molecular weight is 405 g/mol. The van der Waals surface area contributed by atoms with Crippen LogP contribution in [-0.2, 0) is 7.05 Å². The first-order chi connectivity index (χ1) is 14.5. The minimum absolute atomic E-state index is 0.0525. The van der Waals surface area contributed by atoms with Gasteiger partial charge in [-0.05, 0) is 62.6 Å². The Morgan fingerprint density at radius 1 is 1.13 bits per heavy atom. The summed E-state index contributed by atoms with van der Waals surface area (Å²) in [5.74, 6) is 2.55. The van der Waals surface area contributed by atoms with Crippen LogP contribution >= 0.6 is 0 Å². The number of ether oxygens (including phenoxy) is 2. The molecule has 1 amide bonds. The van der Waals surface area contributed by atoms with Gasteiger partial charge in [-0.15, -0.1) is 0 Å². The molecule has 0 saturated heterocycles. The fraction of sp³-hybridized carbons (Fsp3) is 0.417. The molecule has 0 unspecified atom stereocenters. The van der Waals surface area contributed by atoms with E-state index in [2.05, 4.69) is 11.9 Å². The first-order valence-corrected chi connectivity index (χ1v) is 10.7. The molecular weight excluding hydrogens is 378 g/mol. The number of amides is 1. The van der Waals surface area contributed by atoms with E-state index in [-0.39, 0.29) is 18.0 Å². The Labute approximate surface area is 176 Å². The van der Waals surface area contributed by atoms with Crippen LogP contribution in [0.5, 0.6) is 11.5 Å². The van der Waals surface area contributed by atoms with Gasteiger partial charge >= 0.3 is 0 Å². The van der Waals surface area contributed by atoms with Crippen molar-refractivity contribution < 1.29 is 14.3 Å². The molecule has 6 nitrogen and oxygen atoms in total. The van der Waals surface area contributed by atoms with Crippen molar-refractivity contribution in [2.24, 2.45) is 7.05 Å². The van der Waals surface area contributed by atoms with Gasteiger partial charge in [-0.2, -0.15) is 0 Å². The summed E-state index contributed by atoms with van der Waals surface area (Å²) in [6.45, 7) is 5.40. The van der Waals surface area contributed by atoms with Crippen molar-refractivity contribution in [2.45, 2.75) is 45.2 Å². The lowest BCUT2D eigenvalue weighted by Gasteiger charge is -2.30. The van der Waals surface area contributed by atoms with Crippen molar-refractivity contribution in [3.05, 3.63) is 53.3 Å². The normalized spacial score (nSPS) is 16.9. The molecular formula is C24H27N3O3. The van der Waals surface area contributed by atoms with Crippen molar-refractivity contribution >= 4 is 16.9 Å². The second-order valence-electron chi connectivity index (χ2n) is 8.30. The van der Waals surface area contributed by atoms with Gasteiger partial charge in [0.1, 0.15) is 5.82 Å². The second kappa shape index (κ2) is 7.35. The molecule has 2 aromatic carbocycles. The highest BCUT2D eigenvalue weighted by molar-refractivity contribution is 5.98. The average Bonchev–Trinajstić information content (AvgIpc) is 3.56. The van der Waals surface area contributed by atoms with E-state index in [4.69, 9.17) is 9.47 Å². The highest BCUT2D eigenvalue weighted by atomic mass is 16.5. The number of nitrogens with zero attached hydrogens (tertiary/aromatic N) is 3. The van der Waals surface area contributed by atoms with Gasteiger partial charge in [0.2, 0.25) is 0 Å². The van der Waals surface area contributed by atoms with Crippen molar-refractivity contribution in [1.29, 1.82) is 0 Å². The van der Waals surface area contributed by atoms with E-state index in [9.17, 15) is 4.79 Å². The van der Waals surface area contributed by atoms with Crippen LogP contribution in [0.2, 0.25) is 0 Å². The molecule has 1 aliphatic heterocycles. The third-order valence-electron chi connectivity index (χ3n) is 6.20. The maximum Gasteiger partial charge on any atom is 0.254 e. The third-order valence-corrected chi connectivity index (χ3v) is 6.20. The van der Waals surface area contributed by atoms with Gasteiger partial charge < -0.3 is 18.9 Å². The number of fused-ring (bicyclic) bond motifs is 2. The van der Waals surface area contributed by atoms with Crippen molar-refractivity contribution in [1.82, 2.24) is 14.5 Å². The van der Waals surface area contributed by atoms with E-state index < -0.39 is 0 Å². The van der Waals surface area contributed by atoms with E-state index in [0.717, 1.165) is 53.2 Å². The molecule has 1 fully saturated rings. The summed E-state index contributed by atoms with van der Waals surface area (Å²) in [5, 5.41) is 0. The SMILES string of the molecule is Cc1nc2cc(C(=O)N(C3CC3)[C@H](C)c3ccc4c(c3)OCCCO4)ccc2n1C. The van der Waals surface area contributed by atoms with Gasteiger partial charge in [-0.25, -0.2) is 4.98 Å². The van der Waals surface area contributed by atoms with Crippen LogP contribution in [0.4, 0.5) is 0 Å². The number of rotatable bonds is 4. The van der Waals surface area contributed by atoms with Gasteiger partial charge in [-0.3, -0.25) is 4.79 Å². The molecule has 2 aliphatic rings. The summed E-state index contributed by atoms with van der Waals surface area (Å²) in [5.41, 5.74) is 3.65. The van der Waals surface area contributed by atoms with Crippen LogP contribution < -0.4 is 9.47 Å². The molecule has 1 atom stereocenters. The molecule has 2 heterocycles. The maximum atomic E-state index is 13.6. The lowest BCUT2D eigenvalue weighted by Crippen LogP contribution is -2.35. The fourth-order valence-electron chi connectivity index (χ4n) is 4.21. The van der Waals surface area contributed by atoms with Crippen molar-refractivity contribution in [2.75, 3.05) is 13.2 Å². The highest BCUT2D eigenvalue weighted by Crippen LogP contribution is 2.39. The maximum absolute atomic E-state index is 13.6. The van der Waals surface area contributed by atoms with Crippen LogP contribution in [0.3, 0.4) is 0 Å². The van der Waals surface area contributed by atoms with Crippen LogP contribution in [0.25, 0.3) is 11.0 Å². The van der Waals surface area contributed by atoms with E-state index >= 15 is 0 Å². The molecule has 1 aromatic heterocycles. The number of hydrogen-bond acceptors (Lipinski definition) is 4. The molecule has 5 rings (SSSR count). The van der Waals surface area contributed by atoms with Crippen molar-refractivity contribution in [3.8, 4) is 11.5 Å². The number of benzene rings is 2. The second-order valence-corrected chi connectivity index (χ2v) is 8.30. The predicted molar refractivity (Wildman–Crippen MR) is 115 cm³/mol. The number of aromatic nitrogens is 2.